The minimum Gasteiger partial charge on any atom is -0.492 e. The summed E-state index contributed by atoms with van der Waals surface area (Å²) in [4.78, 5) is 12.9. The van der Waals surface area contributed by atoms with Crippen molar-refractivity contribution in [3.05, 3.63) is 41.8 Å². The Labute approximate surface area is 145 Å². The second kappa shape index (κ2) is 7.61. The number of ether oxygens (including phenoxy) is 2. The molecule has 0 unspecified atom stereocenters. The fourth-order valence-corrected chi connectivity index (χ4v) is 2.29. The molecule has 0 aliphatic rings. The van der Waals surface area contributed by atoms with Gasteiger partial charge in [0.2, 0.25) is 5.95 Å². The molecule has 0 amide bonds. The van der Waals surface area contributed by atoms with Crippen LogP contribution in [0.25, 0.3) is 11.4 Å². The van der Waals surface area contributed by atoms with Crippen LogP contribution in [-0.4, -0.2) is 40.4 Å². The van der Waals surface area contributed by atoms with E-state index in [0.29, 0.717) is 36.4 Å². The Bertz CT molecular complexity index is 816. The number of hydrogen-bond donors (Lipinski definition) is 1. The minimum atomic E-state index is 0.219. The Balaban J connectivity index is 1.70. The third-order valence-corrected chi connectivity index (χ3v) is 3.45. The van der Waals surface area contributed by atoms with Crippen LogP contribution < -0.4 is 14.8 Å². The third kappa shape index (κ3) is 4.03. The molecule has 2 heterocycles. The standard InChI is InChI=1S/C17H19N5O3/c1-11-14(12(2)25-22-11)15-19-16(21-17(20-15)23-3)18-9-10-24-13-7-5-4-6-8-13/h4-8H,9-10H2,1-3H3,(H,18,19,20,21). The summed E-state index contributed by atoms with van der Waals surface area (Å²) in [5.41, 5.74) is 1.45. The van der Waals surface area contributed by atoms with E-state index in [-0.39, 0.29) is 6.01 Å². The maximum Gasteiger partial charge on any atom is 0.321 e. The Morgan fingerprint density at radius 3 is 2.56 bits per heavy atom. The highest BCUT2D eigenvalue weighted by molar-refractivity contribution is 5.61. The lowest BCUT2D eigenvalue weighted by Gasteiger charge is -2.09. The van der Waals surface area contributed by atoms with Gasteiger partial charge in [-0.25, -0.2) is 0 Å². The van der Waals surface area contributed by atoms with Gasteiger partial charge in [-0.3, -0.25) is 0 Å². The average molecular weight is 341 g/mol. The summed E-state index contributed by atoms with van der Waals surface area (Å²) in [6.45, 7) is 4.65. The van der Waals surface area contributed by atoms with Crippen molar-refractivity contribution in [2.45, 2.75) is 13.8 Å². The first-order valence-corrected chi connectivity index (χ1v) is 7.82. The van der Waals surface area contributed by atoms with Gasteiger partial charge in [-0.2, -0.15) is 15.0 Å². The van der Waals surface area contributed by atoms with Crippen LogP contribution in [0.1, 0.15) is 11.5 Å². The van der Waals surface area contributed by atoms with Crippen molar-refractivity contribution in [1.82, 2.24) is 20.1 Å². The van der Waals surface area contributed by atoms with E-state index in [1.54, 1.807) is 0 Å². The van der Waals surface area contributed by atoms with Crippen LogP contribution in [0.15, 0.2) is 34.9 Å². The summed E-state index contributed by atoms with van der Waals surface area (Å²) >= 11 is 0. The van der Waals surface area contributed by atoms with Gasteiger partial charge >= 0.3 is 6.01 Å². The molecule has 1 aromatic carbocycles. The molecule has 0 atom stereocenters. The highest BCUT2D eigenvalue weighted by atomic mass is 16.5. The summed E-state index contributed by atoms with van der Waals surface area (Å²) < 4.78 is 16.0. The zero-order valence-electron chi connectivity index (χ0n) is 14.3. The number of aryl methyl sites for hydroxylation is 2. The van der Waals surface area contributed by atoms with Gasteiger partial charge in [-0.05, 0) is 26.0 Å². The van der Waals surface area contributed by atoms with E-state index in [9.17, 15) is 0 Å². The zero-order valence-corrected chi connectivity index (χ0v) is 14.3. The fraction of sp³-hybridized carbons (Fsp3) is 0.294. The first-order chi connectivity index (χ1) is 12.2. The van der Waals surface area contributed by atoms with Gasteiger partial charge in [-0.15, -0.1) is 0 Å². The molecular weight excluding hydrogens is 322 g/mol. The molecule has 0 saturated carbocycles. The van der Waals surface area contributed by atoms with Gasteiger partial charge in [0.05, 0.1) is 24.9 Å². The topological polar surface area (TPSA) is 95.2 Å². The Morgan fingerprint density at radius 2 is 1.88 bits per heavy atom. The molecule has 0 spiro atoms. The van der Waals surface area contributed by atoms with Crippen molar-refractivity contribution in [2.24, 2.45) is 0 Å². The number of nitrogens with zero attached hydrogens (tertiary/aromatic N) is 4. The number of rotatable bonds is 7. The van der Waals surface area contributed by atoms with E-state index in [2.05, 4.69) is 25.4 Å². The summed E-state index contributed by atoms with van der Waals surface area (Å²) in [6.07, 6.45) is 0. The van der Waals surface area contributed by atoms with E-state index < -0.39 is 0 Å². The van der Waals surface area contributed by atoms with Crippen molar-refractivity contribution < 1.29 is 14.0 Å². The first-order valence-electron chi connectivity index (χ1n) is 7.82. The molecule has 0 aliphatic heterocycles. The molecule has 8 nitrogen and oxygen atoms in total. The van der Waals surface area contributed by atoms with Crippen LogP contribution in [0.4, 0.5) is 5.95 Å². The van der Waals surface area contributed by atoms with E-state index in [1.807, 2.05) is 44.2 Å². The maximum absolute atomic E-state index is 5.64. The zero-order chi connectivity index (χ0) is 17.6. The van der Waals surface area contributed by atoms with Crippen molar-refractivity contribution in [3.63, 3.8) is 0 Å². The number of benzene rings is 1. The normalized spacial score (nSPS) is 10.5. The lowest BCUT2D eigenvalue weighted by Crippen LogP contribution is -2.14. The summed E-state index contributed by atoms with van der Waals surface area (Å²) in [6, 6.07) is 9.82. The Hall–Kier alpha value is -3.16. The lowest BCUT2D eigenvalue weighted by atomic mass is 10.2. The second-order valence-corrected chi connectivity index (χ2v) is 5.26. The molecule has 0 saturated heterocycles. The summed E-state index contributed by atoms with van der Waals surface area (Å²) in [5, 5.41) is 7.04. The molecule has 25 heavy (non-hydrogen) atoms. The minimum absolute atomic E-state index is 0.219. The largest absolute Gasteiger partial charge is 0.492 e. The highest BCUT2D eigenvalue weighted by Gasteiger charge is 2.17. The first kappa shape index (κ1) is 16.7. The summed E-state index contributed by atoms with van der Waals surface area (Å²) in [7, 11) is 1.51. The van der Waals surface area contributed by atoms with Gasteiger partial charge in [0, 0.05) is 0 Å². The van der Waals surface area contributed by atoms with Gasteiger partial charge in [0.25, 0.3) is 0 Å². The number of nitrogens with one attached hydrogen (secondary N) is 1. The molecule has 1 N–H and O–H groups in total. The number of para-hydroxylation sites is 1. The number of methoxy groups -OCH3 is 1. The van der Waals surface area contributed by atoms with E-state index in [4.69, 9.17) is 14.0 Å². The predicted octanol–water partition coefficient (Wildman–Crippen LogP) is 2.64. The number of hydrogen-bond acceptors (Lipinski definition) is 8. The molecule has 130 valence electrons. The van der Waals surface area contributed by atoms with Crippen molar-refractivity contribution in [2.75, 3.05) is 25.6 Å². The lowest BCUT2D eigenvalue weighted by molar-refractivity contribution is 0.332. The second-order valence-electron chi connectivity index (χ2n) is 5.26. The predicted molar refractivity (Wildman–Crippen MR) is 91.8 cm³/mol. The van der Waals surface area contributed by atoms with Crippen molar-refractivity contribution in [1.29, 1.82) is 0 Å². The quantitative estimate of drug-likeness (QED) is 0.655. The van der Waals surface area contributed by atoms with Crippen LogP contribution in [0.5, 0.6) is 11.8 Å². The van der Waals surface area contributed by atoms with Gasteiger partial charge in [0.1, 0.15) is 18.1 Å². The van der Waals surface area contributed by atoms with E-state index in [1.165, 1.54) is 7.11 Å². The summed E-state index contributed by atoms with van der Waals surface area (Å²) in [5.74, 6) is 2.31. The molecule has 3 rings (SSSR count). The van der Waals surface area contributed by atoms with Crippen LogP contribution in [0.3, 0.4) is 0 Å². The smallest absolute Gasteiger partial charge is 0.321 e. The fourth-order valence-electron chi connectivity index (χ4n) is 2.29. The molecule has 0 radical (unpaired) electrons. The molecule has 0 bridgehead atoms. The third-order valence-electron chi connectivity index (χ3n) is 3.45. The molecule has 8 heteroatoms. The Morgan fingerprint density at radius 1 is 1.08 bits per heavy atom. The molecule has 2 aromatic heterocycles. The molecule has 0 aliphatic carbocycles. The van der Waals surface area contributed by atoms with Crippen LogP contribution >= 0.6 is 0 Å². The average Bonchev–Trinajstić information content (AvgIpc) is 2.98. The van der Waals surface area contributed by atoms with Gasteiger partial charge in [-0.1, -0.05) is 23.4 Å². The van der Waals surface area contributed by atoms with Gasteiger partial charge < -0.3 is 19.3 Å². The molecule has 0 fully saturated rings. The van der Waals surface area contributed by atoms with Gasteiger partial charge in [0.15, 0.2) is 5.82 Å². The van der Waals surface area contributed by atoms with Crippen molar-refractivity contribution in [3.8, 4) is 23.1 Å². The Kier molecular flexibility index (Phi) is 5.08. The van der Waals surface area contributed by atoms with Crippen LogP contribution in [-0.2, 0) is 0 Å². The van der Waals surface area contributed by atoms with Crippen LogP contribution in [0.2, 0.25) is 0 Å². The van der Waals surface area contributed by atoms with Crippen LogP contribution in [0, 0.1) is 13.8 Å². The maximum atomic E-state index is 5.64. The molecular formula is C17H19N5O3. The monoisotopic (exact) mass is 341 g/mol. The highest BCUT2D eigenvalue weighted by Crippen LogP contribution is 2.25. The van der Waals surface area contributed by atoms with E-state index >= 15 is 0 Å². The van der Waals surface area contributed by atoms with E-state index in [0.717, 1.165) is 11.3 Å². The number of aromatic nitrogens is 4. The van der Waals surface area contributed by atoms with Crippen molar-refractivity contribution >= 4 is 5.95 Å². The SMILES string of the molecule is COc1nc(NCCOc2ccccc2)nc(-c2c(C)noc2C)n1. The molecule has 3 aromatic rings. The number of anilines is 1.